The van der Waals surface area contributed by atoms with Crippen molar-refractivity contribution in [3.8, 4) is 5.88 Å². The largest absolute Gasteiger partial charge is 0.468 e. The van der Waals surface area contributed by atoms with Crippen LogP contribution in [-0.4, -0.2) is 27.3 Å². The van der Waals surface area contributed by atoms with Crippen LogP contribution in [0, 0.1) is 13.8 Å². The van der Waals surface area contributed by atoms with E-state index in [1.807, 2.05) is 56.8 Å². The van der Waals surface area contributed by atoms with Crippen molar-refractivity contribution in [2.75, 3.05) is 6.61 Å². The topological polar surface area (TPSA) is 69.0 Å². The van der Waals surface area contributed by atoms with Crippen molar-refractivity contribution in [1.82, 2.24) is 20.1 Å². The van der Waals surface area contributed by atoms with Crippen LogP contribution in [0.25, 0.3) is 11.0 Å². The summed E-state index contributed by atoms with van der Waals surface area (Å²) in [6.45, 7) is 5.99. The molecule has 0 aliphatic heterocycles. The molecule has 1 saturated carbocycles. The average Bonchev–Trinajstić information content (AvgIpc) is 3.44. The first-order chi connectivity index (χ1) is 13.4. The molecule has 146 valence electrons. The number of benzene rings is 1. The lowest BCUT2D eigenvalue weighted by molar-refractivity contribution is -0.123. The average molecular weight is 378 g/mol. The van der Waals surface area contributed by atoms with Crippen LogP contribution < -0.4 is 10.1 Å². The third-order valence-electron chi connectivity index (χ3n) is 5.23. The zero-order valence-electron chi connectivity index (χ0n) is 16.8. The minimum atomic E-state index is -0.169. The quantitative estimate of drug-likeness (QED) is 0.710. The van der Waals surface area contributed by atoms with E-state index in [1.165, 1.54) is 18.4 Å². The fraction of sp³-hybridized carbons (Fsp3) is 0.409. The maximum atomic E-state index is 12.3. The van der Waals surface area contributed by atoms with E-state index in [0.29, 0.717) is 11.8 Å². The molecule has 0 bridgehead atoms. The van der Waals surface area contributed by atoms with Gasteiger partial charge in [0.2, 0.25) is 5.88 Å². The summed E-state index contributed by atoms with van der Waals surface area (Å²) in [6, 6.07) is 9.94. The van der Waals surface area contributed by atoms with Gasteiger partial charge >= 0.3 is 0 Å². The van der Waals surface area contributed by atoms with E-state index in [0.717, 1.165) is 27.9 Å². The van der Waals surface area contributed by atoms with Crippen LogP contribution >= 0.6 is 0 Å². The SMILES string of the molecule is Cc1cccc(C(C)NC(=O)COc2cc(C)c3c(C4CC4)nn(C)c3n2)c1. The number of nitrogens with zero attached hydrogens (tertiary/aromatic N) is 3. The monoisotopic (exact) mass is 378 g/mol. The van der Waals surface area contributed by atoms with E-state index in [4.69, 9.17) is 4.74 Å². The van der Waals surface area contributed by atoms with Crippen molar-refractivity contribution in [2.24, 2.45) is 7.05 Å². The van der Waals surface area contributed by atoms with Gasteiger partial charge in [0.15, 0.2) is 12.3 Å². The molecule has 1 aliphatic rings. The highest BCUT2D eigenvalue weighted by Gasteiger charge is 2.30. The standard InChI is InChI=1S/C22H26N4O2/c1-13-6-5-7-17(10-13)15(3)23-18(27)12-28-19-11-14(2)20-21(16-8-9-16)25-26(4)22(20)24-19/h5-7,10-11,15-16H,8-9,12H2,1-4H3,(H,23,27). The van der Waals surface area contributed by atoms with E-state index in [2.05, 4.69) is 21.5 Å². The van der Waals surface area contributed by atoms with Crippen LogP contribution in [-0.2, 0) is 11.8 Å². The zero-order valence-corrected chi connectivity index (χ0v) is 16.8. The minimum Gasteiger partial charge on any atom is -0.468 e. The number of rotatable bonds is 6. The Hall–Kier alpha value is -2.89. The van der Waals surface area contributed by atoms with E-state index >= 15 is 0 Å². The van der Waals surface area contributed by atoms with Crippen molar-refractivity contribution in [1.29, 1.82) is 0 Å². The number of hydrogen-bond acceptors (Lipinski definition) is 4. The summed E-state index contributed by atoms with van der Waals surface area (Å²) in [5.74, 6) is 0.843. The summed E-state index contributed by atoms with van der Waals surface area (Å²) >= 11 is 0. The smallest absolute Gasteiger partial charge is 0.258 e. The molecular formula is C22H26N4O2. The Bertz CT molecular complexity index is 1040. The fourth-order valence-electron chi connectivity index (χ4n) is 3.60. The Balaban J connectivity index is 1.43. The normalized spacial score (nSPS) is 14.9. The Morgan fingerprint density at radius 3 is 2.82 bits per heavy atom. The molecule has 1 aliphatic carbocycles. The van der Waals surface area contributed by atoms with Gasteiger partial charge in [-0.25, -0.2) is 0 Å². The highest BCUT2D eigenvalue weighted by Crippen LogP contribution is 2.43. The summed E-state index contributed by atoms with van der Waals surface area (Å²) in [4.78, 5) is 16.9. The van der Waals surface area contributed by atoms with Gasteiger partial charge in [-0.05, 0) is 44.7 Å². The molecular weight excluding hydrogens is 352 g/mol. The van der Waals surface area contributed by atoms with Gasteiger partial charge in [-0.15, -0.1) is 0 Å². The van der Waals surface area contributed by atoms with Crippen LogP contribution in [0.5, 0.6) is 5.88 Å². The molecule has 4 rings (SSSR count). The van der Waals surface area contributed by atoms with Crippen LogP contribution in [0.4, 0.5) is 0 Å². The number of carbonyl (C=O) groups excluding carboxylic acids is 1. The van der Waals surface area contributed by atoms with E-state index in [1.54, 1.807) is 0 Å². The summed E-state index contributed by atoms with van der Waals surface area (Å²) in [6.07, 6.45) is 2.40. The number of pyridine rings is 1. The predicted molar refractivity (Wildman–Crippen MR) is 108 cm³/mol. The Morgan fingerprint density at radius 2 is 2.11 bits per heavy atom. The Labute approximate surface area is 164 Å². The first-order valence-electron chi connectivity index (χ1n) is 9.75. The molecule has 28 heavy (non-hydrogen) atoms. The van der Waals surface area contributed by atoms with Crippen LogP contribution in [0.3, 0.4) is 0 Å². The number of ether oxygens (including phenoxy) is 1. The van der Waals surface area contributed by atoms with Gasteiger partial charge < -0.3 is 10.1 Å². The fourth-order valence-corrected chi connectivity index (χ4v) is 3.60. The van der Waals surface area contributed by atoms with Gasteiger partial charge in [0, 0.05) is 24.4 Å². The van der Waals surface area contributed by atoms with Crippen molar-refractivity contribution in [3.63, 3.8) is 0 Å². The van der Waals surface area contributed by atoms with E-state index in [9.17, 15) is 4.79 Å². The first kappa shape index (κ1) is 18.5. The zero-order chi connectivity index (χ0) is 19.8. The van der Waals surface area contributed by atoms with Gasteiger partial charge in [0.05, 0.1) is 11.7 Å². The molecule has 0 radical (unpaired) electrons. The number of carbonyl (C=O) groups is 1. The minimum absolute atomic E-state index is 0.0680. The molecule has 1 amide bonds. The van der Waals surface area contributed by atoms with Crippen LogP contribution in [0.2, 0.25) is 0 Å². The predicted octanol–water partition coefficient (Wildman–Crippen LogP) is 3.72. The number of aryl methyl sites for hydroxylation is 3. The highest BCUT2D eigenvalue weighted by atomic mass is 16.5. The molecule has 0 spiro atoms. The molecule has 1 unspecified atom stereocenters. The lowest BCUT2D eigenvalue weighted by atomic mass is 10.1. The lowest BCUT2D eigenvalue weighted by Gasteiger charge is -2.15. The summed E-state index contributed by atoms with van der Waals surface area (Å²) in [5.41, 5.74) is 5.28. The van der Waals surface area contributed by atoms with Crippen molar-refractivity contribution >= 4 is 16.9 Å². The summed E-state index contributed by atoms with van der Waals surface area (Å²) in [7, 11) is 1.90. The molecule has 1 fully saturated rings. The van der Waals surface area contributed by atoms with E-state index < -0.39 is 0 Å². The van der Waals surface area contributed by atoms with Gasteiger partial charge in [0.25, 0.3) is 5.91 Å². The summed E-state index contributed by atoms with van der Waals surface area (Å²) in [5, 5.41) is 8.74. The maximum Gasteiger partial charge on any atom is 0.258 e. The molecule has 2 aromatic heterocycles. The van der Waals surface area contributed by atoms with Gasteiger partial charge in [0.1, 0.15) is 0 Å². The first-order valence-corrected chi connectivity index (χ1v) is 9.75. The van der Waals surface area contributed by atoms with E-state index in [-0.39, 0.29) is 18.6 Å². The molecule has 6 heteroatoms. The Kier molecular flexibility index (Phi) is 4.79. The van der Waals surface area contributed by atoms with Crippen molar-refractivity contribution in [3.05, 3.63) is 52.7 Å². The number of aromatic nitrogens is 3. The second kappa shape index (κ2) is 7.26. The second-order valence-electron chi connectivity index (χ2n) is 7.75. The second-order valence-corrected chi connectivity index (χ2v) is 7.75. The third-order valence-corrected chi connectivity index (χ3v) is 5.23. The molecule has 3 aromatic rings. The molecule has 1 aromatic carbocycles. The van der Waals surface area contributed by atoms with Gasteiger partial charge in [-0.2, -0.15) is 10.1 Å². The molecule has 2 heterocycles. The number of amides is 1. The van der Waals surface area contributed by atoms with Crippen molar-refractivity contribution in [2.45, 2.75) is 45.6 Å². The number of hydrogen-bond donors (Lipinski definition) is 1. The van der Waals surface area contributed by atoms with Gasteiger partial charge in [-0.1, -0.05) is 29.8 Å². The Morgan fingerprint density at radius 1 is 1.32 bits per heavy atom. The number of nitrogens with one attached hydrogen (secondary N) is 1. The number of fused-ring (bicyclic) bond motifs is 1. The van der Waals surface area contributed by atoms with Crippen LogP contribution in [0.15, 0.2) is 30.3 Å². The maximum absolute atomic E-state index is 12.3. The highest BCUT2D eigenvalue weighted by molar-refractivity contribution is 5.84. The summed E-state index contributed by atoms with van der Waals surface area (Å²) < 4.78 is 7.50. The lowest BCUT2D eigenvalue weighted by Crippen LogP contribution is -2.31. The van der Waals surface area contributed by atoms with Crippen LogP contribution in [0.1, 0.15) is 54.1 Å². The molecule has 0 saturated heterocycles. The van der Waals surface area contributed by atoms with Gasteiger partial charge in [-0.3, -0.25) is 9.48 Å². The molecule has 1 atom stereocenters. The third kappa shape index (κ3) is 3.72. The molecule has 6 nitrogen and oxygen atoms in total. The molecule has 1 N–H and O–H groups in total. The van der Waals surface area contributed by atoms with Crippen molar-refractivity contribution < 1.29 is 9.53 Å².